The van der Waals surface area contributed by atoms with E-state index in [0.717, 1.165) is 37.4 Å². The van der Waals surface area contributed by atoms with Crippen LogP contribution in [0.25, 0.3) is 0 Å². The van der Waals surface area contributed by atoms with Gasteiger partial charge in [-0.3, -0.25) is 9.59 Å². The van der Waals surface area contributed by atoms with Gasteiger partial charge >= 0.3 is 0 Å². The molecule has 4 N–H and O–H groups in total. The van der Waals surface area contributed by atoms with E-state index in [1.165, 1.54) is 6.20 Å². The standard InChI is InChI=1S/C25H29N5O3/c1-29-12-14-30(15-13-29)20-9-5-8-19(16-20)28-25(33)23-21(10-11-26-24(23)32)27-17-22(31)18-6-3-2-4-7-18/h2-11,16,22,31H,12-15,17H2,1H3,(H,28,33)(H2,26,27,32). The number of piperazine rings is 1. The first-order chi connectivity index (χ1) is 16.0. The van der Waals surface area contributed by atoms with Crippen LogP contribution < -0.4 is 21.1 Å². The highest BCUT2D eigenvalue weighted by atomic mass is 16.3. The fraction of sp³-hybridized carbons (Fsp3) is 0.280. The topological polar surface area (TPSA) is 101 Å². The van der Waals surface area contributed by atoms with Crippen LogP contribution in [0.1, 0.15) is 22.0 Å². The molecule has 172 valence electrons. The van der Waals surface area contributed by atoms with E-state index < -0.39 is 17.6 Å². The number of aliphatic hydroxyl groups is 1. The van der Waals surface area contributed by atoms with Crippen LogP contribution >= 0.6 is 0 Å². The van der Waals surface area contributed by atoms with Gasteiger partial charge in [0, 0.05) is 50.3 Å². The number of aromatic nitrogens is 1. The van der Waals surface area contributed by atoms with Crippen LogP contribution in [-0.4, -0.2) is 60.7 Å². The van der Waals surface area contributed by atoms with E-state index in [9.17, 15) is 14.7 Å². The van der Waals surface area contributed by atoms with Crippen molar-refractivity contribution in [2.45, 2.75) is 6.10 Å². The highest BCUT2D eigenvalue weighted by molar-refractivity contribution is 6.07. The summed E-state index contributed by atoms with van der Waals surface area (Å²) in [5.41, 5.74) is 2.25. The molecule has 3 aromatic rings. The van der Waals surface area contributed by atoms with Gasteiger partial charge in [0.25, 0.3) is 11.5 Å². The molecule has 1 aliphatic heterocycles. The zero-order valence-corrected chi connectivity index (χ0v) is 18.6. The van der Waals surface area contributed by atoms with Crippen LogP contribution in [0.5, 0.6) is 0 Å². The van der Waals surface area contributed by atoms with Crippen LogP contribution in [0, 0.1) is 0 Å². The van der Waals surface area contributed by atoms with Gasteiger partial charge in [-0.05, 0) is 36.9 Å². The number of carbonyl (C=O) groups excluding carboxylic acids is 1. The maximum absolute atomic E-state index is 13.0. The maximum atomic E-state index is 13.0. The number of hydrogen-bond acceptors (Lipinski definition) is 6. The SMILES string of the molecule is CN1CCN(c2cccc(NC(=O)c3c(NCC(O)c4ccccc4)cc[nH]c3=O)c2)CC1. The fourth-order valence-corrected chi connectivity index (χ4v) is 3.89. The third kappa shape index (κ3) is 5.60. The van der Waals surface area contributed by atoms with Crippen molar-refractivity contribution in [3.63, 3.8) is 0 Å². The second-order valence-electron chi connectivity index (χ2n) is 8.20. The Hall–Kier alpha value is -3.62. The molecule has 0 spiro atoms. The fourth-order valence-electron chi connectivity index (χ4n) is 3.89. The number of hydrogen-bond donors (Lipinski definition) is 4. The minimum atomic E-state index is -0.776. The number of nitrogens with one attached hydrogen (secondary N) is 3. The Morgan fingerprint density at radius 1 is 1.06 bits per heavy atom. The summed E-state index contributed by atoms with van der Waals surface area (Å²) in [7, 11) is 2.11. The van der Waals surface area contributed by atoms with E-state index in [1.807, 2.05) is 48.5 Å². The Balaban J connectivity index is 1.47. The molecule has 0 bridgehead atoms. The number of nitrogens with zero attached hydrogens (tertiary/aromatic N) is 2. The monoisotopic (exact) mass is 447 g/mol. The third-order valence-corrected chi connectivity index (χ3v) is 5.83. The molecule has 1 aromatic heterocycles. The van der Waals surface area contributed by atoms with Crippen LogP contribution in [0.15, 0.2) is 71.7 Å². The number of aromatic amines is 1. The van der Waals surface area contributed by atoms with Crippen LogP contribution in [0.4, 0.5) is 17.1 Å². The molecule has 1 unspecified atom stereocenters. The first-order valence-electron chi connectivity index (χ1n) is 11.0. The summed E-state index contributed by atoms with van der Waals surface area (Å²) in [6.45, 7) is 3.97. The second-order valence-corrected chi connectivity index (χ2v) is 8.20. The maximum Gasteiger partial charge on any atom is 0.263 e. The van der Waals surface area contributed by atoms with Crippen molar-refractivity contribution < 1.29 is 9.90 Å². The summed E-state index contributed by atoms with van der Waals surface area (Å²) in [6.07, 6.45) is 0.700. The molecule has 8 nitrogen and oxygen atoms in total. The summed E-state index contributed by atoms with van der Waals surface area (Å²) in [5, 5.41) is 16.3. The lowest BCUT2D eigenvalue weighted by Gasteiger charge is -2.34. The van der Waals surface area contributed by atoms with Gasteiger partial charge in [0.15, 0.2) is 0 Å². The molecule has 4 rings (SSSR count). The Morgan fingerprint density at radius 2 is 1.82 bits per heavy atom. The molecule has 2 heterocycles. The molecule has 33 heavy (non-hydrogen) atoms. The van der Waals surface area contributed by atoms with Crippen molar-refractivity contribution in [1.82, 2.24) is 9.88 Å². The minimum Gasteiger partial charge on any atom is -0.387 e. The summed E-state index contributed by atoms with van der Waals surface area (Å²) >= 11 is 0. The number of aliphatic hydroxyl groups excluding tert-OH is 1. The average Bonchev–Trinajstić information content (AvgIpc) is 2.83. The normalized spacial score (nSPS) is 15.2. The van der Waals surface area contributed by atoms with Crippen molar-refractivity contribution in [2.24, 2.45) is 0 Å². The van der Waals surface area contributed by atoms with E-state index >= 15 is 0 Å². The minimum absolute atomic E-state index is 0.0252. The number of rotatable bonds is 7. The molecule has 0 radical (unpaired) electrons. The van der Waals surface area contributed by atoms with E-state index in [2.05, 4.69) is 32.5 Å². The summed E-state index contributed by atoms with van der Waals surface area (Å²) < 4.78 is 0. The van der Waals surface area contributed by atoms with Gasteiger partial charge in [-0.2, -0.15) is 0 Å². The van der Waals surface area contributed by atoms with Crippen LogP contribution in [-0.2, 0) is 0 Å². The van der Waals surface area contributed by atoms with Crippen molar-refractivity contribution in [1.29, 1.82) is 0 Å². The number of H-pyrrole nitrogens is 1. The summed E-state index contributed by atoms with van der Waals surface area (Å²) in [6, 6.07) is 18.5. The third-order valence-electron chi connectivity index (χ3n) is 5.83. The molecule has 8 heteroatoms. The van der Waals surface area contributed by atoms with Gasteiger partial charge in [-0.1, -0.05) is 36.4 Å². The molecule has 2 aromatic carbocycles. The molecule has 1 saturated heterocycles. The number of anilines is 3. The van der Waals surface area contributed by atoms with E-state index in [-0.39, 0.29) is 12.1 Å². The lowest BCUT2D eigenvalue weighted by Crippen LogP contribution is -2.44. The van der Waals surface area contributed by atoms with E-state index in [0.29, 0.717) is 11.4 Å². The lowest BCUT2D eigenvalue weighted by molar-refractivity contribution is 0.102. The first-order valence-corrected chi connectivity index (χ1v) is 11.0. The average molecular weight is 448 g/mol. The van der Waals surface area contributed by atoms with Crippen molar-refractivity contribution in [2.75, 3.05) is 55.3 Å². The van der Waals surface area contributed by atoms with Gasteiger partial charge < -0.3 is 30.5 Å². The Labute approximate surface area is 192 Å². The smallest absolute Gasteiger partial charge is 0.263 e. The zero-order chi connectivity index (χ0) is 23.2. The van der Waals surface area contributed by atoms with Gasteiger partial charge in [0.2, 0.25) is 0 Å². The molecule has 1 aliphatic rings. The Kier molecular flexibility index (Phi) is 7.07. The number of benzene rings is 2. The Bertz CT molecular complexity index is 1140. The highest BCUT2D eigenvalue weighted by Crippen LogP contribution is 2.22. The van der Waals surface area contributed by atoms with E-state index in [4.69, 9.17) is 0 Å². The molecular weight excluding hydrogens is 418 g/mol. The van der Waals surface area contributed by atoms with Crippen LogP contribution in [0.2, 0.25) is 0 Å². The van der Waals surface area contributed by atoms with Crippen molar-refractivity contribution >= 4 is 23.0 Å². The van der Waals surface area contributed by atoms with Gasteiger partial charge in [0.1, 0.15) is 5.56 Å². The van der Waals surface area contributed by atoms with Crippen molar-refractivity contribution in [3.05, 3.63) is 88.3 Å². The molecule has 1 fully saturated rings. The molecule has 0 aliphatic carbocycles. The predicted molar refractivity (Wildman–Crippen MR) is 131 cm³/mol. The second kappa shape index (κ2) is 10.3. The quantitative estimate of drug-likeness (QED) is 0.444. The lowest BCUT2D eigenvalue weighted by atomic mass is 10.1. The molecule has 1 amide bonds. The summed E-state index contributed by atoms with van der Waals surface area (Å²) in [4.78, 5) is 32.7. The van der Waals surface area contributed by atoms with Crippen molar-refractivity contribution in [3.8, 4) is 0 Å². The van der Waals surface area contributed by atoms with Gasteiger partial charge in [-0.25, -0.2) is 0 Å². The summed E-state index contributed by atoms with van der Waals surface area (Å²) in [5.74, 6) is -0.510. The number of likely N-dealkylation sites (N-methyl/N-ethyl adjacent to an activating group) is 1. The predicted octanol–water partition coefficient (Wildman–Crippen LogP) is 2.52. The van der Waals surface area contributed by atoms with E-state index in [1.54, 1.807) is 12.1 Å². The number of amides is 1. The number of pyridine rings is 1. The molecule has 0 saturated carbocycles. The Morgan fingerprint density at radius 3 is 2.58 bits per heavy atom. The van der Waals surface area contributed by atoms with Gasteiger partial charge in [-0.15, -0.1) is 0 Å². The highest BCUT2D eigenvalue weighted by Gasteiger charge is 2.19. The van der Waals surface area contributed by atoms with Gasteiger partial charge in [0.05, 0.1) is 11.8 Å². The largest absolute Gasteiger partial charge is 0.387 e. The number of carbonyl (C=O) groups is 1. The zero-order valence-electron chi connectivity index (χ0n) is 18.6. The molecule has 1 atom stereocenters. The van der Waals surface area contributed by atoms with Crippen LogP contribution in [0.3, 0.4) is 0 Å². The molecular formula is C25H29N5O3. The first kappa shape index (κ1) is 22.6.